The molecule has 0 spiro atoms. The molecule has 0 rings (SSSR count). The fraction of sp³-hybridized carbons (Fsp3) is 0.667. The summed E-state index contributed by atoms with van der Waals surface area (Å²) in [5, 5.41) is 19.3. The molecule has 0 aliphatic rings. The number of hydrogen-bond acceptors (Lipinski definition) is 4. The average molecular weight is 232 g/mol. The summed E-state index contributed by atoms with van der Waals surface area (Å²) in [5.74, 6) is -2.83. The molecule has 2 atom stereocenters. The normalized spacial score (nSPS) is 13.9. The molecule has 16 heavy (non-hydrogen) atoms. The lowest BCUT2D eigenvalue weighted by Gasteiger charge is -2.15. The Balaban J connectivity index is 4.13. The molecule has 0 fully saturated rings. The third-order valence-corrected chi connectivity index (χ3v) is 2.03. The highest BCUT2D eigenvalue weighted by atomic mass is 16.4. The third-order valence-electron chi connectivity index (χ3n) is 2.03. The molecule has 0 aliphatic carbocycles. The highest BCUT2D eigenvalue weighted by Gasteiger charge is 2.21. The molecule has 0 heterocycles. The van der Waals surface area contributed by atoms with Gasteiger partial charge in [0.15, 0.2) is 0 Å². The molecule has 1 unspecified atom stereocenters. The summed E-state index contributed by atoms with van der Waals surface area (Å²) in [6.45, 7) is 1.61. The molecular formula is C9H16N2O5. The van der Waals surface area contributed by atoms with Crippen molar-refractivity contribution in [1.29, 1.82) is 0 Å². The van der Waals surface area contributed by atoms with Crippen LogP contribution in [0.3, 0.4) is 0 Å². The molecule has 0 aromatic heterocycles. The lowest BCUT2D eigenvalue weighted by molar-refractivity contribution is -0.142. The first-order valence-corrected chi connectivity index (χ1v) is 4.89. The maximum atomic E-state index is 11.3. The van der Waals surface area contributed by atoms with Crippen molar-refractivity contribution in [2.75, 3.05) is 0 Å². The van der Waals surface area contributed by atoms with Crippen molar-refractivity contribution in [1.82, 2.24) is 5.32 Å². The van der Waals surface area contributed by atoms with Crippen molar-refractivity contribution in [3.63, 3.8) is 0 Å². The predicted molar refractivity (Wildman–Crippen MR) is 54.7 cm³/mol. The average Bonchev–Trinajstić information content (AvgIpc) is 2.21. The van der Waals surface area contributed by atoms with Crippen molar-refractivity contribution >= 4 is 17.8 Å². The second-order valence-corrected chi connectivity index (χ2v) is 3.35. The highest BCUT2D eigenvalue weighted by Crippen LogP contribution is 1.97. The van der Waals surface area contributed by atoms with E-state index >= 15 is 0 Å². The maximum Gasteiger partial charge on any atom is 0.326 e. The lowest BCUT2D eigenvalue weighted by Crippen LogP contribution is -2.48. The summed E-state index contributed by atoms with van der Waals surface area (Å²) in [7, 11) is 0. The van der Waals surface area contributed by atoms with Gasteiger partial charge in [0.05, 0.1) is 6.04 Å². The maximum absolute atomic E-state index is 11.3. The van der Waals surface area contributed by atoms with E-state index in [9.17, 15) is 14.4 Å². The van der Waals surface area contributed by atoms with Crippen LogP contribution in [0.5, 0.6) is 0 Å². The minimum Gasteiger partial charge on any atom is -0.481 e. The van der Waals surface area contributed by atoms with E-state index in [1.807, 2.05) is 0 Å². The quantitative estimate of drug-likeness (QED) is 0.452. The van der Waals surface area contributed by atoms with Crippen molar-refractivity contribution in [2.24, 2.45) is 5.73 Å². The van der Waals surface area contributed by atoms with Crippen LogP contribution in [-0.4, -0.2) is 40.1 Å². The van der Waals surface area contributed by atoms with Gasteiger partial charge in [-0.25, -0.2) is 4.79 Å². The van der Waals surface area contributed by atoms with Gasteiger partial charge in [-0.15, -0.1) is 0 Å². The Labute approximate surface area is 92.6 Å². The molecule has 7 nitrogen and oxygen atoms in total. The standard InChI is InChI=1S/C9H16N2O5/c1-2-6(9(15)16)11-8(14)5(10)3-4-7(12)13/h5-6H,2-4,10H2,1H3,(H,11,14)(H,12,13)(H,15,16)/t5?,6-/m0/s1. The fourth-order valence-electron chi connectivity index (χ4n) is 1.03. The van der Waals surface area contributed by atoms with Gasteiger partial charge in [-0.05, 0) is 12.8 Å². The second-order valence-electron chi connectivity index (χ2n) is 3.35. The summed E-state index contributed by atoms with van der Waals surface area (Å²) in [6, 6.07) is -1.98. The molecule has 0 saturated heterocycles. The van der Waals surface area contributed by atoms with Gasteiger partial charge in [-0.1, -0.05) is 6.92 Å². The lowest BCUT2D eigenvalue weighted by atomic mass is 10.1. The van der Waals surface area contributed by atoms with E-state index in [1.54, 1.807) is 6.92 Å². The van der Waals surface area contributed by atoms with E-state index in [-0.39, 0.29) is 19.3 Å². The van der Waals surface area contributed by atoms with E-state index in [1.165, 1.54) is 0 Å². The van der Waals surface area contributed by atoms with Crippen LogP contribution in [-0.2, 0) is 14.4 Å². The molecular weight excluding hydrogens is 216 g/mol. The Hall–Kier alpha value is -1.63. The number of amides is 1. The van der Waals surface area contributed by atoms with E-state index in [4.69, 9.17) is 15.9 Å². The molecule has 0 bridgehead atoms. The predicted octanol–water partition coefficient (Wildman–Crippen LogP) is -0.842. The molecule has 0 aromatic rings. The van der Waals surface area contributed by atoms with Crippen molar-refractivity contribution in [3.05, 3.63) is 0 Å². The Morgan fingerprint density at radius 2 is 1.88 bits per heavy atom. The summed E-state index contributed by atoms with van der Waals surface area (Å²) in [6.07, 6.45) is 0.00237. The Morgan fingerprint density at radius 3 is 2.25 bits per heavy atom. The van der Waals surface area contributed by atoms with Crippen LogP contribution in [0.15, 0.2) is 0 Å². The van der Waals surface area contributed by atoms with Gasteiger partial charge in [0.25, 0.3) is 0 Å². The van der Waals surface area contributed by atoms with Crippen LogP contribution in [0.25, 0.3) is 0 Å². The van der Waals surface area contributed by atoms with Gasteiger partial charge in [0.1, 0.15) is 6.04 Å². The zero-order valence-corrected chi connectivity index (χ0v) is 8.97. The molecule has 1 amide bonds. The summed E-state index contributed by atoms with van der Waals surface area (Å²) in [5.41, 5.74) is 5.40. The zero-order valence-electron chi connectivity index (χ0n) is 8.97. The van der Waals surface area contributed by atoms with Gasteiger partial charge in [0, 0.05) is 6.42 Å². The zero-order chi connectivity index (χ0) is 12.7. The van der Waals surface area contributed by atoms with Crippen molar-refractivity contribution in [3.8, 4) is 0 Å². The van der Waals surface area contributed by atoms with Crippen LogP contribution < -0.4 is 11.1 Å². The minimum absolute atomic E-state index is 0.0166. The molecule has 0 aliphatic heterocycles. The number of nitrogens with one attached hydrogen (secondary N) is 1. The summed E-state index contributed by atoms with van der Waals surface area (Å²) in [4.78, 5) is 32.2. The van der Waals surface area contributed by atoms with Gasteiger partial charge in [0.2, 0.25) is 5.91 Å². The number of carbonyl (C=O) groups excluding carboxylic acids is 1. The van der Waals surface area contributed by atoms with E-state index < -0.39 is 29.9 Å². The van der Waals surface area contributed by atoms with E-state index in [0.29, 0.717) is 0 Å². The van der Waals surface area contributed by atoms with E-state index in [2.05, 4.69) is 5.32 Å². The Kier molecular flexibility index (Phi) is 6.09. The van der Waals surface area contributed by atoms with Gasteiger partial charge >= 0.3 is 11.9 Å². The number of carbonyl (C=O) groups is 3. The first kappa shape index (κ1) is 14.4. The molecule has 7 heteroatoms. The fourth-order valence-corrected chi connectivity index (χ4v) is 1.03. The topological polar surface area (TPSA) is 130 Å². The van der Waals surface area contributed by atoms with Crippen molar-refractivity contribution < 1.29 is 24.6 Å². The second kappa shape index (κ2) is 6.78. The van der Waals surface area contributed by atoms with Crippen LogP contribution in [0.2, 0.25) is 0 Å². The minimum atomic E-state index is -1.14. The largest absolute Gasteiger partial charge is 0.481 e. The number of aliphatic carboxylic acids is 2. The Bertz CT molecular complexity index is 279. The molecule has 0 radical (unpaired) electrons. The highest BCUT2D eigenvalue weighted by molar-refractivity contribution is 5.87. The van der Waals surface area contributed by atoms with Crippen LogP contribution >= 0.6 is 0 Å². The van der Waals surface area contributed by atoms with Crippen LogP contribution in [0, 0.1) is 0 Å². The molecule has 5 N–H and O–H groups in total. The first-order chi connectivity index (χ1) is 7.38. The van der Waals surface area contributed by atoms with Gasteiger partial charge in [-0.2, -0.15) is 0 Å². The first-order valence-electron chi connectivity index (χ1n) is 4.89. The van der Waals surface area contributed by atoms with Crippen LogP contribution in [0.1, 0.15) is 26.2 Å². The number of hydrogen-bond donors (Lipinski definition) is 4. The summed E-state index contributed by atoms with van der Waals surface area (Å²) >= 11 is 0. The van der Waals surface area contributed by atoms with E-state index in [0.717, 1.165) is 0 Å². The number of carboxylic acid groups (broad SMARTS) is 2. The SMILES string of the molecule is CC[C@H](NC(=O)C(N)CCC(=O)O)C(=O)O. The number of nitrogens with two attached hydrogens (primary N) is 1. The third kappa shape index (κ3) is 5.30. The molecule has 0 aromatic carbocycles. The van der Waals surface area contributed by atoms with Gasteiger partial charge in [-0.3, -0.25) is 9.59 Å². The smallest absolute Gasteiger partial charge is 0.326 e. The summed E-state index contributed by atoms with van der Waals surface area (Å²) < 4.78 is 0. The van der Waals surface area contributed by atoms with Gasteiger partial charge < -0.3 is 21.3 Å². The molecule has 0 saturated carbocycles. The number of carboxylic acids is 2. The monoisotopic (exact) mass is 232 g/mol. The molecule has 92 valence electrons. The number of rotatable bonds is 7. The Morgan fingerprint density at radius 1 is 1.31 bits per heavy atom. The van der Waals surface area contributed by atoms with Crippen LogP contribution in [0.4, 0.5) is 0 Å². The van der Waals surface area contributed by atoms with Crippen molar-refractivity contribution in [2.45, 2.75) is 38.3 Å².